The molecule has 0 aromatic heterocycles. The molecule has 2 aromatic carbocycles. The van der Waals surface area contributed by atoms with Crippen LogP contribution in [0, 0.1) is 5.41 Å². The number of ether oxygens (including phenoxy) is 1. The Morgan fingerprint density at radius 3 is 2.70 bits per heavy atom. The van der Waals surface area contributed by atoms with Crippen LogP contribution in [-0.2, 0) is 12.8 Å². The molecule has 0 N–H and O–H groups in total. The fourth-order valence-electron chi connectivity index (χ4n) is 3.62. The lowest BCUT2D eigenvalue weighted by Gasteiger charge is -2.18. The molecule has 1 nitrogen and oxygen atoms in total. The minimum Gasteiger partial charge on any atom is -0.494 e. The zero-order valence-electron chi connectivity index (χ0n) is 14.6. The quantitative estimate of drug-likeness (QED) is 0.681. The van der Waals surface area contributed by atoms with Gasteiger partial charge in [-0.25, -0.2) is 0 Å². The SMILES string of the molecule is CC(C)(C)Cc1cccc(OCCC2CCc3ccccc32)c1. The average Bonchev–Trinajstić information content (AvgIpc) is 2.89. The van der Waals surface area contributed by atoms with E-state index in [1.165, 1.54) is 29.5 Å². The first-order valence-electron chi connectivity index (χ1n) is 8.81. The molecule has 0 aliphatic heterocycles. The molecule has 0 radical (unpaired) electrons. The van der Waals surface area contributed by atoms with Crippen LogP contribution in [0.1, 0.15) is 56.2 Å². The standard InChI is InChI=1S/C22H28O/c1-22(2,3)16-17-7-6-9-20(15-17)23-14-13-19-12-11-18-8-4-5-10-21(18)19/h4-10,15,19H,11-14,16H2,1-3H3. The minimum absolute atomic E-state index is 0.312. The first-order chi connectivity index (χ1) is 11.0. The highest BCUT2D eigenvalue weighted by atomic mass is 16.5. The number of benzene rings is 2. The van der Waals surface area contributed by atoms with Crippen LogP contribution in [0.15, 0.2) is 48.5 Å². The van der Waals surface area contributed by atoms with E-state index in [0.29, 0.717) is 11.3 Å². The minimum atomic E-state index is 0.312. The molecule has 1 heteroatoms. The van der Waals surface area contributed by atoms with Crippen molar-refractivity contribution >= 4 is 0 Å². The van der Waals surface area contributed by atoms with Crippen molar-refractivity contribution < 1.29 is 4.74 Å². The predicted molar refractivity (Wildman–Crippen MR) is 97.2 cm³/mol. The van der Waals surface area contributed by atoms with Gasteiger partial charge < -0.3 is 4.74 Å². The summed E-state index contributed by atoms with van der Waals surface area (Å²) < 4.78 is 6.04. The molecule has 1 aliphatic rings. The van der Waals surface area contributed by atoms with Crippen LogP contribution in [0.2, 0.25) is 0 Å². The van der Waals surface area contributed by atoms with Crippen LogP contribution in [0.3, 0.4) is 0 Å². The van der Waals surface area contributed by atoms with Crippen molar-refractivity contribution in [3.8, 4) is 5.75 Å². The summed E-state index contributed by atoms with van der Waals surface area (Å²) in [6.45, 7) is 7.63. The third-order valence-electron chi connectivity index (χ3n) is 4.63. The fraction of sp³-hybridized carbons (Fsp3) is 0.455. The highest BCUT2D eigenvalue weighted by molar-refractivity contribution is 5.35. The summed E-state index contributed by atoms with van der Waals surface area (Å²) in [5.41, 5.74) is 4.75. The summed E-state index contributed by atoms with van der Waals surface area (Å²) in [6, 6.07) is 17.5. The van der Waals surface area contributed by atoms with Crippen LogP contribution in [-0.4, -0.2) is 6.61 Å². The van der Waals surface area contributed by atoms with E-state index in [0.717, 1.165) is 25.2 Å². The summed E-state index contributed by atoms with van der Waals surface area (Å²) in [6.07, 6.45) is 4.69. The topological polar surface area (TPSA) is 9.23 Å². The van der Waals surface area contributed by atoms with E-state index >= 15 is 0 Å². The molecule has 1 aliphatic carbocycles. The van der Waals surface area contributed by atoms with Crippen LogP contribution in [0.5, 0.6) is 5.75 Å². The van der Waals surface area contributed by atoms with Crippen molar-refractivity contribution in [2.24, 2.45) is 5.41 Å². The lowest BCUT2D eigenvalue weighted by Crippen LogP contribution is -2.09. The van der Waals surface area contributed by atoms with Crippen LogP contribution in [0.25, 0.3) is 0 Å². The summed E-state index contributed by atoms with van der Waals surface area (Å²) in [5.74, 6) is 1.68. The molecule has 0 amide bonds. The second-order valence-corrected chi connectivity index (χ2v) is 7.96. The average molecular weight is 308 g/mol. The smallest absolute Gasteiger partial charge is 0.119 e. The molecule has 2 aromatic rings. The summed E-state index contributed by atoms with van der Waals surface area (Å²) in [7, 11) is 0. The van der Waals surface area contributed by atoms with Crippen molar-refractivity contribution in [1.82, 2.24) is 0 Å². The molecule has 23 heavy (non-hydrogen) atoms. The van der Waals surface area contributed by atoms with Gasteiger partial charge in [0.1, 0.15) is 5.75 Å². The van der Waals surface area contributed by atoms with Gasteiger partial charge in [0.25, 0.3) is 0 Å². The maximum absolute atomic E-state index is 6.04. The van der Waals surface area contributed by atoms with E-state index in [1.54, 1.807) is 0 Å². The van der Waals surface area contributed by atoms with Crippen molar-refractivity contribution in [3.63, 3.8) is 0 Å². The van der Waals surface area contributed by atoms with Crippen molar-refractivity contribution in [1.29, 1.82) is 0 Å². The molecule has 0 saturated carbocycles. The predicted octanol–water partition coefficient (Wildman–Crippen LogP) is 5.77. The van der Waals surface area contributed by atoms with E-state index in [9.17, 15) is 0 Å². The first kappa shape index (κ1) is 16.1. The molecule has 1 atom stereocenters. The Labute approximate surface area is 140 Å². The van der Waals surface area contributed by atoms with Crippen LogP contribution < -0.4 is 4.74 Å². The first-order valence-corrected chi connectivity index (χ1v) is 8.81. The summed E-state index contributed by atoms with van der Waals surface area (Å²) in [5, 5.41) is 0. The monoisotopic (exact) mass is 308 g/mol. The Morgan fingerprint density at radius 1 is 1.04 bits per heavy atom. The van der Waals surface area contributed by atoms with Crippen molar-refractivity contribution in [3.05, 3.63) is 65.2 Å². The maximum Gasteiger partial charge on any atom is 0.119 e. The number of fused-ring (bicyclic) bond motifs is 1. The molecule has 0 fully saturated rings. The van der Waals surface area contributed by atoms with E-state index in [1.807, 2.05) is 0 Å². The van der Waals surface area contributed by atoms with Gasteiger partial charge in [-0.1, -0.05) is 57.2 Å². The molecule has 0 heterocycles. The Kier molecular flexibility index (Phi) is 4.75. The molecule has 3 rings (SSSR count). The van der Waals surface area contributed by atoms with Gasteiger partial charge in [0, 0.05) is 0 Å². The van der Waals surface area contributed by atoms with Gasteiger partial charge in [-0.15, -0.1) is 0 Å². The molecule has 0 saturated heterocycles. The molecular formula is C22H28O. The van der Waals surface area contributed by atoms with Gasteiger partial charge in [-0.3, -0.25) is 0 Å². The van der Waals surface area contributed by atoms with E-state index < -0.39 is 0 Å². The number of hydrogen-bond donors (Lipinski definition) is 0. The Morgan fingerprint density at radius 2 is 1.87 bits per heavy atom. The summed E-state index contributed by atoms with van der Waals surface area (Å²) >= 11 is 0. The normalized spacial score (nSPS) is 17.1. The Bertz CT molecular complexity index is 651. The highest BCUT2D eigenvalue weighted by Crippen LogP contribution is 2.35. The van der Waals surface area contributed by atoms with Crippen molar-refractivity contribution in [2.75, 3.05) is 6.61 Å². The Hall–Kier alpha value is -1.76. The van der Waals surface area contributed by atoms with Crippen LogP contribution in [0.4, 0.5) is 0 Å². The van der Waals surface area contributed by atoms with Gasteiger partial charge >= 0.3 is 0 Å². The molecule has 0 spiro atoms. The van der Waals surface area contributed by atoms with Gasteiger partial charge in [0.05, 0.1) is 6.61 Å². The molecule has 1 unspecified atom stereocenters. The number of rotatable bonds is 5. The van der Waals surface area contributed by atoms with Crippen molar-refractivity contribution in [2.45, 2.75) is 52.4 Å². The van der Waals surface area contributed by atoms with Gasteiger partial charge in [-0.2, -0.15) is 0 Å². The van der Waals surface area contributed by atoms with E-state index in [4.69, 9.17) is 4.74 Å². The van der Waals surface area contributed by atoms with Gasteiger partial charge in [0.15, 0.2) is 0 Å². The van der Waals surface area contributed by atoms with Gasteiger partial charge in [0.2, 0.25) is 0 Å². The highest BCUT2D eigenvalue weighted by Gasteiger charge is 2.21. The number of hydrogen-bond acceptors (Lipinski definition) is 1. The second kappa shape index (κ2) is 6.78. The third kappa shape index (κ3) is 4.37. The van der Waals surface area contributed by atoms with E-state index in [2.05, 4.69) is 69.3 Å². The Balaban J connectivity index is 1.54. The molecule has 122 valence electrons. The molecular weight excluding hydrogens is 280 g/mol. The lowest BCUT2D eigenvalue weighted by atomic mass is 9.88. The maximum atomic E-state index is 6.04. The van der Waals surface area contributed by atoms with Gasteiger partial charge in [-0.05, 0) is 65.8 Å². The number of aryl methyl sites for hydroxylation is 1. The lowest BCUT2D eigenvalue weighted by molar-refractivity contribution is 0.296. The largest absolute Gasteiger partial charge is 0.494 e. The summed E-state index contributed by atoms with van der Waals surface area (Å²) in [4.78, 5) is 0. The van der Waals surface area contributed by atoms with Crippen LogP contribution >= 0.6 is 0 Å². The zero-order valence-corrected chi connectivity index (χ0v) is 14.6. The fourth-order valence-corrected chi connectivity index (χ4v) is 3.62. The third-order valence-corrected chi connectivity index (χ3v) is 4.63. The second-order valence-electron chi connectivity index (χ2n) is 7.96. The zero-order chi connectivity index (χ0) is 16.3. The van der Waals surface area contributed by atoms with E-state index in [-0.39, 0.29) is 0 Å². The molecule has 0 bridgehead atoms.